The monoisotopic (exact) mass is 287 g/mol. The SMILES string of the molecule is CC(C)(C)OC(=O)NCCCCCC#Cc1ccccc1. The van der Waals surface area contributed by atoms with Crippen molar-refractivity contribution >= 4 is 6.09 Å². The van der Waals surface area contributed by atoms with Crippen LogP contribution in [0.4, 0.5) is 4.79 Å². The van der Waals surface area contributed by atoms with Crippen LogP contribution in [0.15, 0.2) is 30.3 Å². The highest BCUT2D eigenvalue weighted by molar-refractivity contribution is 5.67. The number of carbonyl (C=O) groups excluding carboxylic acids is 1. The smallest absolute Gasteiger partial charge is 0.407 e. The molecule has 1 N–H and O–H groups in total. The molecule has 0 saturated heterocycles. The van der Waals surface area contributed by atoms with Crippen molar-refractivity contribution in [2.24, 2.45) is 0 Å². The molecule has 0 saturated carbocycles. The molecule has 0 aromatic heterocycles. The Labute approximate surface area is 128 Å². The summed E-state index contributed by atoms with van der Waals surface area (Å²) in [5.41, 5.74) is 0.626. The van der Waals surface area contributed by atoms with Crippen LogP contribution in [0.3, 0.4) is 0 Å². The fourth-order valence-corrected chi connectivity index (χ4v) is 1.71. The Morgan fingerprint density at radius 1 is 1.14 bits per heavy atom. The zero-order valence-electron chi connectivity index (χ0n) is 13.2. The Balaban J connectivity index is 2.03. The van der Waals surface area contributed by atoms with E-state index in [1.54, 1.807) is 0 Å². The number of unbranched alkanes of at least 4 members (excludes halogenated alkanes) is 3. The van der Waals surface area contributed by atoms with Crippen molar-refractivity contribution < 1.29 is 9.53 Å². The first-order chi connectivity index (χ1) is 9.97. The Morgan fingerprint density at radius 3 is 2.52 bits per heavy atom. The molecule has 21 heavy (non-hydrogen) atoms. The summed E-state index contributed by atoms with van der Waals surface area (Å²) >= 11 is 0. The molecule has 0 aliphatic rings. The van der Waals surface area contributed by atoms with E-state index in [1.165, 1.54) is 0 Å². The molecule has 114 valence electrons. The van der Waals surface area contributed by atoms with Gasteiger partial charge in [0.2, 0.25) is 0 Å². The molecule has 0 heterocycles. The lowest BCUT2D eigenvalue weighted by Gasteiger charge is -2.19. The van der Waals surface area contributed by atoms with Crippen molar-refractivity contribution in [2.75, 3.05) is 6.54 Å². The van der Waals surface area contributed by atoms with Crippen molar-refractivity contribution in [1.82, 2.24) is 5.32 Å². The van der Waals surface area contributed by atoms with Crippen LogP contribution >= 0.6 is 0 Å². The van der Waals surface area contributed by atoms with Gasteiger partial charge in [0.15, 0.2) is 0 Å². The van der Waals surface area contributed by atoms with E-state index in [1.807, 2.05) is 51.1 Å². The predicted molar refractivity (Wildman–Crippen MR) is 86.0 cm³/mol. The van der Waals surface area contributed by atoms with Crippen molar-refractivity contribution in [3.05, 3.63) is 35.9 Å². The highest BCUT2D eigenvalue weighted by Crippen LogP contribution is 2.06. The normalized spacial score (nSPS) is 10.4. The summed E-state index contributed by atoms with van der Waals surface area (Å²) in [5.74, 6) is 6.31. The van der Waals surface area contributed by atoms with E-state index in [2.05, 4.69) is 17.2 Å². The lowest BCUT2D eigenvalue weighted by Crippen LogP contribution is -2.32. The number of rotatable bonds is 5. The first-order valence-corrected chi connectivity index (χ1v) is 7.48. The van der Waals surface area contributed by atoms with Gasteiger partial charge in [-0.05, 0) is 45.7 Å². The Bertz CT molecular complexity index is 477. The van der Waals surface area contributed by atoms with Gasteiger partial charge in [0.05, 0.1) is 0 Å². The minimum Gasteiger partial charge on any atom is -0.444 e. The van der Waals surface area contributed by atoms with Crippen molar-refractivity contribution in [1.29, 1.82) is 0 Å². The van der Waals surface area contributed by atoms with E-state index < -0.39 is 5.60 Å². The summed E-state index contributed by atoms with van der Waals surface area (Å²) in [6.07, 6.45) is 3.61. The van der Waals surface area contributed by atoms with Crippen LogP contribution in [0.2, 0.25) is 0 Å². The summed E-state index contributed by atoms with van der Waals surface area (Å²) in [5, 5.41) is 2.76. The molecule has 3 heteroatoms. The maximum Gasteiger partial charge on any atom is 0.407 e. The molecule has 1 aromatic carbocycles. The Morgan fingerprint density at radius 2 is 1.86 bits per heavy atom. The molecule has 0 atom stereocenters. The van der Waals surface area contributed by atoms with Gasteiger partial charge in [-0.2, -0.15) is 0 Å². The summed E-state index contributed by atoms with van der Waals surface area (Å²) in [7, 11) is 0. The molecular formula is C18H25NO2. The fraction of sp³-hybridized carbons (Fsp3) is 0.500. The molecule has 1 aromatic rings. The molecule has 0 radical (unpaired) electrons. The van der Waals surface area contributed by atoms with Crippen LogP contribution in [0.5, 0.6) is 0 Å². The van der Waals surface area contributed by atoms with Gasteiger partial charge in [-0.25, -0.2) is 4.79 Å². The minimum absolute atomic E-state index is 0.341. The second-order valence-electron chi connectivity index (χ2n) is 5.91. The molecule has 1 rings (SSSR count). The molecule has 0 aliphatic heterocycles. The van der Waals surface area contributed by atoms with Gasteiger partial charge in [0.1, 0.15) is 5.60 Å². The third-order valence-corrected chi connectivity index (χ3v) is 2.65. The van der Waals surface area contributed by atoms with Gasteiger partial charge >= 0.3 is 6.09 Å². The van der Waals surface area contributed by atoms with E-state index in [4.69, 9.17) is 4.74 Å². The summed E-state index contributed by atoms with van der Waals surface area (Å²) in [6, 6.07) is 10.00. The highest BCUT2D eigenvalue weighted by Gasteiger charge is 2.15. The number of amides is 1. The lowest BCUT2D eigenvalue weighted by atomic mass is 10.2. The largest absolute Gasteiger partial charge is 0.444 e. The van der Waals surface area contributed by atoms with Crippen LogP contribution in [-0.4, -0.2) is 18.2 Å². The Hall–Kier alpha value is -1.95. The fourth-order valence-electron chi connectivity index (χ4n) is 1.71. The number of nitrogens with one attached hydrogen (secondary N) is 1. The second-order valence-corrected chi connectivity index (χ2v) is 5.91. The van der Waals surface area contributed by atoms with Gasteiger partial charge in [-0.3, -0.25) is 0 Å². The quantitative estimate of drug-likeness (QED) is 0.653. The second kappa shape index (κ2) is 9.07. The molecular weight excluding hydrogens is 262 g/mol. The van der Waals surface area contributed by atoms with Crippen LogP contribution in [0.25, 0.3) is 0 Å². The van der Waals surface area contributed by atoms with Gasteiger partial charge in [-0.1, -0.05) is 36.5 Å². The number of carbonyl (C=O) groups is 1. The predicted octanol–water partition coefficient (Wildman–Crippen LogP) is 4.12. The summed E-state index contributed by atoms with van der Waals surface area (Å²) in [6.45, 7) is 6.23. The molecule has 0 spiro atoms. The van der Waals surface area contributed by atoms with Gasteiger partial charge < -0.3 is 10.1 Å². The number of benzene rings is 1. The summed E-state index contributed by atoms with van der Waals surface area (Å²) < 4.78 is 5.16. The molecule has 1 amide bonds. The molecule has 0 unspecified atom stereocenters. The van der Waals surface area contributed by atoms with Crippen molar-refractivity contribution in [2.45, 2.75) is 52.1 Å². The van der Waals surface area contributed by atoms with E-state index in [0.29, 0.717) is 6.54 Å². The number of hydrogen-bond donors (Lipinski definition) is 1. The third kappa shape index (κ3) is 9.56. The number of alkyl carbamates (subject to hydrolysis) is 1. The van der Waals surface area contributed by atoms with Gasteiger partial charge in [-0.15, -0.1) is 0 Å². The minimum atomic E-state index is -0.433. The molecule has 0 fully saturated rings. The maximum atomic E-state index is 11.4. The third-order valence-electron chi connectivity index (χ3n) is 2.65. The average Bonchev–Trinajstić information content (AvgIpc) is 2.41. The van der Waals surface area contributed by atoms with E-state index in [-0.39, 0.29) is 6.09 Å². The number of hydrogen-bond acceptors (Lipinski definition) is 2. The van der Waals surface area contributed by atoms with Crippen LogP contribution in [-0.2, 0) is 4.74 Å². The van der Waals surface area contributed by atoms with Crippen LogP contribution < -0.4 is 5.32 Å². The van der Waals surface area contributed by atoms with Gasteiger partial charge in [0.25, 0.3) is 0 Å². The molecule has 3 nitrogen and oxygen atoms in total. The Kier molecular flexibility index (Phi) is 7.39. The topological polar surface area (TPSA) is 38.3 Å². The highest BCUT2D eigenvalue weighted by atomic mass is 16.6. The maximum absolute atomic E-state index is 11.4. The standard InChI is InChI=1S/C18H25NO2/c1-18(2,3)21-17(20)19-15-11-6-4-5-8-12-16-13-9-7-10-14-16/h7,9-10,13-14H,4-6,11,15H2,1-3H3,(H,19,20). The van der Waals surface area contributed by atoms with Crippen molar-refractivity contribution in [3.8, 4) is 11.8 Å². The van der Waals surface area contributed by atoms with E-state index in [9.17, 15) is 4.79 Å². The van der Waals surface area contributed by atoms with Crippen LogP contribution in [0.1, 0.15) is 52.0 Å². The average molecular weight is 287 g/mol. The molecule has 0 aliphatic carbocycles. The lowest BCUT2D eigenvalue weighted by molar-refractivity contribution is 0.0527. The first-order valence-electron chi connectivity index (χ1n) is 7.48. The van der Waals surface area contributed by atoms with E-state index in [0.717, 1.165) is 31.2 Å². The van der Waals surface area contributed by atoms with Crippen LogP contribution in [0, 0.1) is 11.8 Å². The zero-order valence-corrected chi connectivity index (χ0v) is 13.2. The molecule has 0 bridgehead atoms. The van der Waals surface area contributed by atoms with Crippen molar-refractivity contribution in [3.63, 3.8) is 0 Å². The first kappa shape index (κ1) is 17.1. The van der Waals surface area contributed by atoms with Gasteiger partial charge in [0, 0.05) is 18.5 Å². The zero-order chi connectivity index (χ0) is 15.6. The number of ether oxygens (including phenoxy) is 1. The summed E-state index contributed by atoms with van der Waals surface area (Å²) in [4.78, 5) is 11.4. The van der Waals surface area contributed by atoms with E-state index >= 15 is 0 Å².